The van der Waals surface area contributed by atoms with Crippen molar-refractivity contribution in [2.24, 2.45) is 5.73 Å². The quantitative estimate of drug-likeness (QED) is 0.865. The lowest BCUT2D eigenvalue weighted by Gasteiger charge is -2.35. The van der Waals surface area contributed by atoms with Crippen molar-refractivity contribution in [2.75, 3.05) is 27.2 Å². The maximum Gasteiger partial charge on any atom is 0.122 e. The molecule has 1 aromatic heterocycles. The Morgan fingerprint density at radius 1 is 1.56 bits per heavy atom. The predicted octanol–water partition coefficient (Wildman–Crippen LogP) is 1.69. The molecule has 3 atom stereocenters. The van der Waals surface area contributed by atoms with Gasteiger partial charge in [-0.25, -0.2) is 0 Å². The van der Waals surface area contributed by atoms with E-state index in [1.54, 1.807) is 6.26 Å². The minimum absolute atomic E-state index is 0.0823. The molecule has 2 N–H and O–H groups in total. The minimum Gasteiger partial charge on any atom is -0.468 e. The minimum atomic E-state index is 0.0823. The van der Waals surface area contributed by atoms with E-state index >= 15 is 0 Å². The van der Waals surface area contributed by atoms with Crippen molar-refractivity contribution in [1.82, 2.24) is 9.80 Å². The zero-order valence-corrected chi connectivity index (χ0v) is 11.7. The normalized spacial score (nSPS) is 24.6. The van der Waals surface area contributed by atoms with Gasteiger partial charge < -0.3 is 15.1 Å². The van der Waals surface area contributed by atoms with Gasteiger partial charge in [0.2, 0.25) is 0 Å². The molecule has 102 valence electrons. The Morgan fingerprint density at radius 3 is 2.89 bits per heavy atom. The van der Waals surface area contributed by atoms with Crippen molar-refractivity contribution < 1.29 is 4.42 Å². The standard InChI is InChI=1S/C14H25N3O/c1-11(15)14(13-7-5-9-18-13)17-8-4-6-12(17)10-16(2)3/h5,7,9,11-12,14H,4,6,8,10,15H2,1-3H3. The first-order chi connectivity index (χ1) is 8.59. The highest BCUT2D eigenvalue weighted by Gasteiger charge is 2.35. The zero-order valence-electron chi connectivity index (χ0n) is 11.7. The lowest BCUT2D eigenvalue weighted by molar-refractivity contribution is 0.121. The number of furan rings is 1. The Kier molecular flexibility index (Phi) is 4.43. The second-order valence-electron chi connectivity index (χ2n) is 5.62. The topological polar surface area (TPSA) is 45.6 Å². The highest BCUT2D eigenvalue weighted by atomic mass is 16.3. The number of likely N-dealkylation sites (tertiary alicyclic amines) is 1. The molecule has 4 nitrogen and oxygen atoms in total. The van der Waals surface area contributed by atoms with Crippen LogP contribution >= 0.6 is 0 Å². The van der Waals surface area contributed by atoms with E-state index in [-0.39, 0.29) is 12.1 Å². The molecule has 2 heterocycles. The molecule has 1 aliphatic rings. The van der Waals surface area contributed by atoms with Crippen molar-refractivity contribution >= 4 is 0 Å². The summed E-state index contributed by atoms with van der Waals surface area (Å²) in [4.78, 5) is 4.77. The molecule has 1 fully saturated rings. The van der Waals surface area contributed by atoms with Crippen LogP contribution in [0.4, 0.5) is 0 Å². The molecule has 3 unspecified atom stereocenters. The summed E-state index contributed by atoms with van der Waals surface area (Å²) in [6.07, 6.45) is 4.24. The Hall–Kier alpha value is -0.840. The average molecular weight is 251 g/mol. The first kappa shape index (κ1) is 13.6. The lowest BCUT2D eigenvalue weighted by atomic mass is 10.0. The molecule has 0 aromatic carbocycles. The Balaban J connectivity index is 2.15. The van der Waals surface area contributed by atoms with Gasteiger partial charge in [-0.15, -0.1) is 0 Å². The Labute approximate surface area is 110 Å². The van der Waals surface area contributed by atoms with Gasteiger partial charge in [0.1, 0.15) is 5.76 Å². The van der Waals surface area contributed by atoms with E-state index in [4.69, 9.17) is 10.2 Å². The van der Waals surface area contributed by atoms with Crippen molar-refractivity contribution in [1.29, 1.82) is 0 Å². The molecule has 1 aliphatic heterocycles. The largest absolute Gasteiger partial charge is 0.468 e. The summed E-state index contributed by atoms with van der Waals surface area (Å²) < 4.78 is 5.59. The second-order valence-corrected chi connectivity index (χ2v) is 5.62. The number of rotatable bonds is 5. The van der Waals surface area contributed by atoms with E-state index in [9.17, 15) is 0 Å². The van der Waals surface area contributed by atoms with Crippen LogP contribution < -0.4 is 5.73 Å². The smallest absolute Gasteiger partial charge is 0.122 e. The van der Waals surface area contributed by atoms with Gasteiger partial charge in [-0.3, -0.25) is 4.90 Å². The fraction of sp³-hybridized carbons (Fsp3) is 0.714. The van der Waals surface area contributed by atoms with Crippen molar-refractivity contribution in [3.63, 3.8) is 0 Å². The summed E-state index contributed by atoms with van der Waals surface area (Å²) in [6.45, 7) is 4.27. The molecule has 0 amide bonds. The number of likely N-dealkylation sites (N-methyl/N-ethyl adjacent to an activating group) is 1. The monoisotopic (exact) mass is 251 g/mol. The number of hydrogen-bond acceptors (Lipinski definition) is 4. The summed E-state index contributed by atoms with van der Waals surface area (Å²) in [7, 11) is 4.26. The highest BCUT2D eigenvalue weighted by molar-refractivity contribution is 5.09. The van der Waals surface area contributed by atoms with E-state index in [1.807, 2.05) is 12.1 Å². The van der Waals surface area contributed by atoms with Crippen molar-refractivity contribution in [3.05, 3.63) is 24.2 Å². The van der Waals surface area contributed by atoms with Crippen LogP contribution in [0, 0.1) is 0 Å². The number of nitrogens with two attached hydrogens (primary N) is 1. The van der Waals surface area contributed by atoms with Gasteiger partial charge in [0.25, 0.3) is 0 Å². The molecule has 0 radical (unpaired) electrons. The molecular weight excluding hydrogens is 226 g/mol. The summed E-state index contributed by atoms with van der Waals surface area (Å²) in [5.74, 6) is 0.996. The fourth-order valence-electron chi connectivity index (χ4n) is 3.03. The van der Waals surface area contributed by atoms with E-state index < -0.39 is 0 Å². The molecule has 18 heavy (non-hydrogen) atoms. The number of hydrogen-bond donors (Lipinski definition) is 1. The van der Waals surface area contributed by atoms with Crippen LogP contribution in [0.25, 0.3) is 0 Å². The third kappa shape index (κ3) is 2.94. The summed E-state index contributed by atoms with van der Waals surface area (Å²) in [6, 6.07) is 4.85. The molecule has 2 rings (SSSR count). The van der Waals surface area contributed by atoms with Crippen LogP contribution in [0.5, 0.6) is 0 Å². The van der Waals surface area contributed by atoms with Gasteiger partial charge >= 0.3 is 0 Å². The Bertz CT molecular complexity index is 348. The maximum atomic E-state index is 6.19. The molecular formula is C14H25N3O. The SMILES string of the molecule is CC(N)C(c1ccco1)N1CCCC1CN(C)C. The van der Waals surface area contributed by atoms with Gasteiger partial charge in [-0.05, 0) is 52.5 Å². The molecule has 0 saturated carbocycles. The second kappa shape index (κ2) is 5.87. The summed E-state index contributed by atoms with van der Waals surface area (Å²) in [5.41, 5.74) is 6.19. The van der Waals surface area contributed by atoms with Crippen LogP contribution in [0.3, 0.4) is 0 Å². The van der Waals surface area contributed by atoms with Crippen molar-refractivity contribution in [2.45, 2.75) is 37.9 Å². The molecule has 0 aliphatic carbocycles. The van der Waals surface area contributed by atoms with Crippen LogP contribution in [-0.2, 0) is 0 Å². The van der Waals surface area contributed by atoms with Gasteiger partial charge in [-0.2, -0.15) is 0 Å². The predicted molar refractivity (Wildman–Crippen MR) is 73.4 cm³/mol. The van der Waals surface area contributed by atoms with Crippen LogP contribution in [0.2, 0.25) is 0 Å². The summed E-state index contributed by atoms with van der Waals surface area (Å²) in [5, 5.41) is 0. The lowest BCUT2D eigenvalue weighted by Crippen LogP contribution is -2.45. The van der Waals surface area contributed by atoms with Crippen LogP contribution in [-0.4, -0.2) is 49.1 Å². The van der Waals surface area contributed by atoms with Crippen LogP contribution in [0.15, 0.2) is 22.8 Å². The van der Waals surface area contributed by atoms with Gasteiger partial charge in [0.05, 0.1) is 12.3 Å². The molecule has 1 aromatic rings. The highest BCUT2D eigenvalue weighted by Crippen LogP contribution is 2.31. The molecule has 1 saturated heterocycles. The number of nitrogens with zero attached hydrogens (tertiary/aromatic N) is 2. The molecule has 0 bridgehead atoms. The van der Waals surface area contributed by atoms with Crippen LogP contribution in [0.1, 0.15) is 31.6 Å². The van der Waals surface area contributed by atoms with Gasteiger partial charge in [0.15, 0.2) is 0 Å². The van der Waals surface area contributed by atoms with E-state index in [2.05, 4.69) is 30.8 Å². The van der Waals surface area contributed by atoms with E-state index in [0.717, 1.165) is 18.8 Å². The van der Waals surface area contributed by atoms with E-state index in [1.165, 1.54) is 12.8 Å². The summed E-state index contributed by atoms with van der Waals surface area (Å²) >= 11 is 0. The van der Waals surface area contributed by atoms with Crippen molar-refractivity contribution in [3.8, 4) is 0 Å². The first-order valence-corrected chi connectivity index (χ1v) is 6.79. The Morgan fingerprint density at radius 2 is 2.33 bits per heavy atom. The molecule has 4 heteroatoms. The first-order valence-electron chi connectivity index (χ1n) is 6.79. The maximum absolute atomic E-state index is 6.19. The molecule has 0 spiro atoms. The average Bonchev–Trinajstić information content (AvgIpc) is 2.90. The third-order valence-corrected chi connectivity index (χ3v) is 3.69. The third-order valence-electron chi connectivity index (χ3n) is 3.69. The zero-order chi connectivity index (χ0) is 13.1. The fourth-order valence-corrected chi connectivity index (χ4v) is 3.03. The van der Waals surface area contributed by atoms with Gasteiger partial charge in [-0.1, -0.05) is 0 Å². The van der Waals surface area contributed by atoms with Gasteiger partial charge in [0, 0.05) is 18.6 Å². The van der Waals surface area contributed by atoms with E-state index in [0.29, 0.717) is 6.04 Å².